The topological polar surface area (TPSA) is 53.6 Å². The van der Waals surface area contributed by atoms with Crippen LogP contribution in [0.3, 0.4) is 0 Å². The van der Waals surface area contributed by atoms with Crippen molar-refractivity contribution in [2.24, 2.45) is 0 Å². The summed E-state index contributed by atoms with van der Waals surface area (Å²) < 4.78 is 5.32. The number of carbonyl (C=O) groups is 1. The van der Waals surface area contributed by atoms with Crippen molar-refractivity contribution in [1.29, 1.82) is 0 Å². The fourth-order valence-corrected chi connectivity index (χ4v) is 3.47. The Hall–Kier alpha value is -0.300. The van der Waals surface area contributed by atoms with Gasteiger partial charge in [-0.2, -0.15) is 11.8 Å². The average molecular weight is 287 g/mol. The van der Waals surface area contributed by atoms with Gasteiger partial charge in [-0.05, 0) is 6.92 Å². The fourth-order valence-electron chi connectivity index (χ4n) is 2.53. The number of ether oxygens (including phenoxy) is 1. The highest BCUT2D eigenvalue weighted by molar-refractivity contribution is 7.99. The van der Waals surface area contributed by atoms with Crippen LogP contribution in [-0.4, -0.2) is 73.8 Å². The van der Waals surface area contributed by atoms with Crippen molar-refractivity contribution in [1.82, 2.24) is 15.5 Å². The summed E-state index contributed by atoms with van der Waals surface area (Å²) in [7, 11) is 0. The van der Waals surface area contributed by atoms with Gasteiger partial charge in [-0.15, -0.1) is 0 Å². The van der Waals surface area contributed by atoms with Crippen molar-refractivity contribution in [2.45, 2.75) is 25.4 Å². The first kappa shape index (κ1) is 15.1. The second-order valence-corrected chi connectivity index (χ2v) is 6.46. The largest absolute Gasteiger partial charge is 0.379 e. The van der Waals surface area contributed by atoms with Crippen LogP contribution in [0, 0.1) is 0 Å². The standard InChI is InChI=1S/C13H25N3O2S/c1-11(9-16-3-5-18-6-4-16)15-13(17)8-12-10-19-7-2-14-12/h11-12,14H,2-10H2,1H3,(H,15,17). The lowest BCUT2D eigenvalue weighted by atomic mass is 10.2. The molecule has 2 aliphatic heterocycles. The lowest BCUT2D eigenvalue weighted by molar-refractivity contribution is -0.122. The molecule has 2 heterocycles. The number of carbonyl (C=O) groups excluding carboxylic acids is 1. The van der Waals surface area contributed by atoms with E-state index in [4.69, 9.17) is 4.74 Å². The molecule has 0 aromatic heterocycles. The third-order valence-corrected chi connectivity index (χ3v) is 4.60. The van der Waals surface area contributed by atoms with Crippen LogP contribution in [0.4, 0.5) is 0 Å². The zero-order valence-electron chi connectivity index (χ0n) is 11.7. The summed E-state index contributed by atoms with van der Waals surface area (Å²) in [6.07, 6.45) is 0.598. The van der Waals surface area contributed by atoms with Gasteiger partial charge in [0.1, 0.15) is 0 Å². The Morgan fingerprint density at radius 3 is 3.00 bits per heavy atom. The first-order valence-corrected chi connectivity index (χ1v) is 8.30. The summed E-state index contributed by atoms with van der Waals surface area (Å²) in [5.41, 5.74) is 0. The molecule has 6 heteroatoms. The molecule has 2 fully saturated rings. The van der Waals surface area contributed by atoms with Gasteiger partial charge in [0.25, 0.3) is 0 Å². The molecular formula is C13H25N3O2S. The summed E-state index contributed by atoms with van der Waals surface area (Å²) in [5, 5.41) is 6.50. The number of nitrogens with one attached hydrogen (secondary N) is 2. The molecule has 2 rings (SSSR count). The van der Waals surface area contributed by atoms with E-state index in [2.05, 4.69) is 22.5 Å². The molecule has 2 atom stereocenters. The van der Waals surface area contributed by atoms with Crippen LogP contribution in [0.5, 0.6) is 0 Å². The molecule has 0 radical (unpaired) electrons. The Balaban J connectivity index is 1.63. The van der Waals surface area contributed by atoms with Gasteiger partial charge in [-0.1, -0.05) is 0 Å². The van der Waals surface area contributed by atoms with Crippen molar-refractivity contribution in [3.8, 4) is 0 Å². The van der Waals surface area contributed by atoms with Crippen molar-refractivity contribution in [2.75, 3.05) is 50.9 Å². The van der Waals surface area contributed by atoms with E-state index < -0.39 is 0 Å². The molecule has 0 aromatic rings. The van der Waals surface area contributed by atoms with Gasteiger partial charge >= 0.3 is 0 Å². The van der Waals surface area contributed by atoms with Crippen LogP contribution in [-0.2, 0) is 9.53 Å². The van der Waals surface area contributed by atoms with E-state index in [0.29, 0.717) is 12.5 Å². The zero-order valence-corrected chi connectivity index (χ0v) is 12.5. The maximum Gasteiger partial charge on any atom is 0.221 e. The SMILES string of the molecule is CC(CN1CCOCC1)NC(=O)CC1CSCCN1. The first-order chi connectivity index (χ1) is 9.24. The van der Waals surface area contributed by atoms with E-state index in [-0.39, 0.29) is 11.9 Å². The van der Waals surface area contributed by atoms with Crippen LogP contribution in [0.25, 0.3) is 0 Å². The molecule has 110 valence electrons. The predicted octanol–water partition coefficient (Wildman–Crippen LogP) is -0.0816. The summed E-state index contributed by atoms with van der Waals surface area (Å²) in [5.74, 6) is 2.37. The number of nitrogens with zero attached hydrogens (tertiary/aromatic N) is 1. The zero-order chi connectivity index (χ0) is 13.5. The Morgan fingerprint density at radius 1 is 1.53 bits per heavy atom. The maximum absolute atomic E-state index is 12.0. The minimum atomic E-state index is 0.167. The highest BCUT2D eigenvalue weighted by Gasteiger charge is 2.19. The number of amides is 1. The molecule has 2 N–H and O–H groups in total. The molecule has 0 aromatic carbocycles. The number of thioether (sulfide) groups is 1. The van der Waals surface area contributed by atoms with Crippen molar-refractivity contribution in [3.63, 3.8) is 0 Å². The third kappa shape index (κ3) is 5.69. The Morgan fingerprint density at radius 2 is 2.32 bits per heavy atom. The van der Waals surface area contributed by atoms with Crippen LogP contribution in [0.15, 0.2) is 0 Å². The summed E-state index contributed by atoms with van der Waals surface area (Å²) in [6, 6.07) is 0.552. The van der Waals surface area contributed by atoms with Crippen LogP contribution in [0.1, 0.15) is 13.3 Å². The molecule has 0 spiro atoms. The second kappa shape index (κ2) is 8.09. The Bertz CT molecular complexity index is 279. The molecule has 19 heavy (non-hydrogen) atoms. The minimum absolute atomic E-state index is 0.167. The normalized spacial score (nSPS) is 26.9. The van der Waals surface area contributed by atoms with E-state index >= 15 is 0 Å². The number of hydrogen-bond acceptors (Lipinski definition) is 5. The van der Waals surface area contributed by atoms with E-state index in [1.54, 1.807) is 0 Å². The summed E-state index contributed by atoms with van der Waals surface area (Å²) >= 11 is 1.93. The van der Waals surface area contributed by atoms with E-state index in [1.165, 1.54) is 0 Å². The van der Waals surface area contributed by atoms with Gasteiger partial charge in [0.15, 0.2) is 0 Å². The lowest BCUT2D eigenvalue weighted by Crippen LogP contribution is -2.48. The molecular weight excluding hydrogens is 262 g/mol. The molecule has 1 amide bonds. The van der Waals surface area contributed by atoms with Gasteiger partial charge in [-0.3, -0.25) is 9.69 Å². The lowest BCUT2D eigenvalue weighted by Gasteiger charge is -2.30. The fraction of sp³-hybridized carbons (Fsp3) is 0.923. The summed E-state index contributed by atoms with van der Waals surface area (Å²) in [4.78, 5) is 14.3. The molecule has 0 bridgehead atoms. The van der Waals surface area contributed by atoms with Crippen molar-refractivity contribution >= 4 is 17.7 Å². The molecule has 5 nitrogen and oxygen atoms in total. The van der Waals surface area contributed by atoms with Crippen molar-refractivity contribution in [3.05, 3.63) is 0 Å². The first-order valence-electron chi connectivity index (χ1n) is 7.14. The van der Waals surface area contributed by atoms with E-state index in [0.717, 1.165) is 50.9 Å². The van der Waals surface area contributed by atoms with Gasteiger partial charge < -0.3 is 15.4 Å². The van der Waals surface area contributed by atoms with Crippen molar-refractivity contribution < 1.29 is 9.53 Å². The predicted molar refractivity (Wildman–Crippen MR) is 78.6 cm³/mol. The van der Waals surface area contributed by atoms with E-state index in [1.807, 2.05) is 11.8 Å². The monoisotopic (exact) mass is 287 g/mol. The molecule has 0 saturated carbocycles. The average Bonchev–Trinajstić information content (AvgIpc) is 2.40. The van der Waals surface area contributed by atoms with Gasteiger partial charge in [0.05, 0.1) is 13.2 Å². The van der Waals surface area contributed by atoms with Gasteiger partial charge in [-0.25, -0.2) is 0 Å². The quantitative estimate of drug-likeness (QED) is 0.741. The smallest absolute Gasteiger partial charge is 0.221 e. The Labute approximate surface area is 119 Å². The molecule has 2 unspecified atom stereocenters. The number of rotatable bonds is 5. The molecule has 2 aliphatic rings. The van der Waals surface area contributed by atoms with Crippen LogP contribution < -0.4 is 10.6 Å². The molecule has 0 aliphatic carbocycles. The highest BCUT2D eigenvalue weighted by atomic mass is 32.2. The summed E-state index contributed by atoms with van der Waals surface area (Å²) in [6.45, 7) is 7.58. The van der Waals surface area contributed by atoms with E-state index in [9.17, 15) is 4.79 Å². The number of hydrogen-bond donors (Lipinski definition) is 2. The third-order valence-electron chi connectivity index (χ3n) is 3.47. The minimum Gasteiger partial charge on any atom is -0.379 e. The van der Waals surface area contributed by atoms with Crippen LogP contribution >= 0.6 is 11.8 Å². The van der Waals surface area contributed by atoms with Gasteiger partial charge in [0.2, 0.25) is 5.91 Å². The second-order valence-electron chi connectivity index (χ2n) is 5.31. The Kier molecular flexibility index (Phi) is 6.43. The highest BCUT2D eigenvalue weighted by Crippen LogP contribution is 2.10. The van der Waals surface area contributed by atoms with Crippen LogP contribution in [0.2, 0.25) is 0 Å². The maximum atomic E-state index is 12.0. The number of morpholine rings is 1. The molecule has 2 saturated heterocycles. The van der Waals surface area contributed by atoms with Gasteiger partial charge in [0, 0.05) is 56.2 Å².